The summed E-state index contributed by atoms with van der Waals surface area (Å²) in [6, 6.07) is 21.9. The first-order valence-electron chi connectivity index (χ1n) is 17.4. The van der Waals surface area contributed by atoms with Crippen molar-refractivity contribution in [2.24, 2.45) is 0 Å². The van der Waals surface area contributed by atoms with Gasteiger partial charge in [-0.1, -0.05) is 50.2 Å². The summed E-state index contributed by atoms with van der Waals surface area (Å²) in [5.41, 5.74) is 4.49. The Hall–Kier alpha value is -4.93. The maximum absolute atomic E-state index is 14.1. The van der Waals surface area contributed by atoms with Gasteiger partial charge in [-0.3, -0.25) is 9.59 Å². The van der Waals surface area contributed by atoms with Gasteiger partial charge in [0.05, 0.1) is 24.3 Å². The summed E-state index contributed by atoms with van der Waals surface area (Å²) < 4.78 is 33.5. The highest BCUT2D eigenvalue weighted by Crippen LogP contribution is 2.25. The van der Waals surface area contributed by atoms with Gasteiger partial charge in [-0.15, -0.1) is 0 Å². The molecule has 0 saturated heterocycles. The lowest BCUT2D eigenvalue weighted by molar-refractivity contribution is 0.0526. The highest BCUT2D eigenvalue weighted by molar-refractivity contribution is 6.00. The first-order valence-corrected chi connectivity index (χ1v) is 17.4. The second-order valence-electron chi connectivity index (χ2n) is 12.6. The maximum atomic E-state index is 14.1. The lowest BCUT2D eigenvalue weighted by atomic mass is 9.98. The average Bonchev–Trinajstić information content (AvgIpc) is 3.10. The van der Waals surface area contributed by atoms with Crippen LogP contribution in [0.1, 0.15) is 81.4 Å². The Morgan fingerprint density at radius 1 is 0.824 bits per heavy atom. The van der Waals surface area contributed by atoms with Crippen LogP contribution >= 0.6 is 0 Å². The fraction of sp³-hybridized carbons (Fsp3) is 0.341. The molecule has 0 aliphatic carbocycles. The number of aryl methyl sites for hydroxylation is 1. The molecule has 2 unspecified atom stereocenters. The van der Waals surface area contributed by atoms with Gasteiger partial charge in [-0.25, -0.2) is 13.6 Å². The molecule has 0 bridgehead atoms. The molecule has 0 radical (unpaired) electrons. The summed E-state index contributed by atoms with van der Waals surface area (Å²) in [4.78, 5) is 41.3. The second kappa shape index (κ2) is 18.9. The Balaban J connectivity index is 1.52. The molecule has 2 atom stereocenters. The van der Waals surface area contributed by atoms with E-state index in [0.717, 1.165) is 41.2 Å². The van der Waals surface area contributed by atoms with Gasteiger partial charge in [-0.2, -0.15) is 0 Å². The van der Waals surface area contributed by atoms with E-state index in [2.05, 4.69) is 10.6 Å². The summed E-state index contributed by atoms with van der Waals surface area (Å²) in [5.74, 6) is -2.63. The molecule has 270 valence electrons. The molecular formula is C41H47F2N3O5. The number of aliphatic hydroxyl groups excluding tert-OH is 1. The van der Waals surface area contributed by atoms with Crippen molar-refractivity contribution in [3.8, 4) is 11.1 Å². The van der Waals surface area contributed by atoms with E-state index in [0.29, 0.717) is 30.8 Å². The number of nitrogens with one attached hydrogen (secondary N) is 2. The van der Waals surface area contributed by atoms with Crippen molar-refractivity contribution in [1.29, 1.82) is 0 Å². The molecule has 0 aliphatic rings. The van der Waals surface area contributed by atoms with Crippen molar-refractivity contribution in [3.05, 3.63) is 130 Å². The van der Waals surface area contributed by atoms with Crippen LogP contribution in [0.4, 0.5) is 8.78 Å². The van der Waals surface area contributed by atoms with E-state index in [-0.39, 0.29) is 36.6 Å². The van der Waals surface area contributed by atoms with Crippen molar-refractivity contribution >= 4 is 17.8 Å². The van der Waals surface area contributed by atoms with Crippen LogP contribution in [0.2, 0.25) is 0 Å². The summed E-state index contributed by atoms with van der Waals surface area (Å²) in [6.45, 7) is 9.39. The largest absolute Gasteiger partial charge is 0.462 e. The number of hydrogen-bond donors (Lipinski definition) is 3. The zero-order chi connectivity index (χ0) is 36.9. The number of carbonyl (C=O) groups is 3. The molecule has 10 heteroatoms. The molecule has 0 spiro atoms. The molecule has 51 heavy (non-hydrogen) atoms. The van der Waals surface area contributed by atoms with Gasteiger partial charge in [0.1, 0.15) is 11.6 Å². The van der Waals surface area contributed by atoms with Crippen LogP contribution in [0.15, 0.2) is 84.9 Å². The third-order valence-corrected chi connectivity index (χ3v) is 8.36. The summed E-state index contributed by atoms with van der Waals surface area (Å²) >= 11 is 0. The maximum Gasteiger partial charge on any atom is 0.338 e. The SMILES string of the molecule is CCCN(CCC)C(=O)c1cc(C)cc(C(=O)NC(Cc2cc(F)cc(F)c2)C(O)CNCc2cccc(-c3ccccc3C(=O)OCC)c2)c1. The standard InChI is InChI=1S/C41H47F2N3O5/c1-5-15-46(16-6-2)40(49)32-18-27(4)17-31(23-32)39(48)45-37(22-29-20-33(42)24-34(43)21-29)38(47)26-44-25-28-11-10-12-30(19-28)35-13-8-9-14-36(35)41(50)51-7-3/h8-14,17-21,23-24,37-38,44,47H,5-7,15-16,22,25-26H2,1-4H3,(H,45,48). The van der Waals surface area contributed by atoms with E-state index in [1.807, 2.05) is 50.2 Å². The Labute approximate surface area is 298 Å². The molecular weight excluding hydrogens is 652 g/mol. The summed E-state index contributed by atoms with van der Waals surface area (Å²) in [6.07, 6.45) is 0.382. The fourth-order valence-corrected chi connectivity index (χ4v) is 6.07. The number of nitrogens with zero attached hydrogens (tertiary/aromatic N) is 1. The highest BCUT2D eigenvalue weighted by Gasteiger charge is 2.25. The van der Waals surface area contributed by atoms with Crippen LogP contribution in [0, 0.1) is 18.6 Å². The monoisotopic (exact) mass is 699 g/mol. The van der Waals surface area contributed by atoms with E-state index in [1.54, 1.807) is 49.1 Å². The molecule has 0 aromatic heterocycles. The van der Waals surface area contributed by atoms with E-state index in [4.69, 9.17) is 4.74 Å². The van der Waals surface area contributed by atoms with Gasteiger partial charge in [0.2, 0.25) is 0 Å². The molecule has 0 fully saturated rings. The minimum atomic E-state index is -1.16. The summed E-state index contributed by atoms with van der Waals surface area (Å²) in [7, 11) is 0. The van der Waals surface area contributed by atoms with Crippen molar-refractivity contribution in [3.63, 3.8) is 0 Å². The number of rotatable bonds is 17. The third kappa shape index (κ3) is 11.0. The molecule has 4 aromatic rings. The van der Waals surface area contributed by atoms with Gasteiger partial charge in [0.25, 0.3) is 11.8 Å². The molecule has 0 heterocycles. The fourth-order valence-electron chi connectivity index (χ4n) is 6.07. The van der Waals surface area contributed by atoms with E-state index < -0.39 is 35.7 Å². The van der Waals surface area contributed by atoms with E-state index >= 15 is 0 Å². The predicted molar refractivity (Wildman–Crippen MR) is 195 cm³/mol. The number of esters is 1. The number of hydrogen-bond acceptors (Lipinski definition) is 6. The zero-order valence-corrected chi connectivity index (χ0v) is 29.7. The molecule has 0 aliphatic heterocycles. The van der Waals surface area contributed by atoms with Crippen molar-refractivity contribution in [1.82, 2.24) is 15.5 Å². The van der Waals surface area contributed by atoms with Gasteiger partial charge < -0.3 is 25.4 Å². The predicted octanol–water partition coefficient (Wildman–Crippen LogP) is 6.87. The zero-order valence-electron chi connectivity index (χ0n) is 29.7. The lowest BCUT2D eigenvalue weighted by Crippen LogP contribution is -2.48. The minimum Gasteiger partial charge on any atom is -0.462 e. The Morgan fingerprint density at radius 3 is 2.20 bits per heavy atom. The van der Waals surface area contributed by atoms with Crippen LogP contribution in [0.3, 0.4) is 0 Å². The number of carbonyl (C=O) groups excluding carboxylic acids is 3. The van der Waals surface area contributed by atoms with Gasteiger partial charge in [0.15, 0.2) is 0 Å². The van der Waals surface area contributed by atoms with Crippen molar-refractivity contribution in [2.75, 3.05) is 26.2 Å². The molecule has 3 N–H and O–H groups in total. The smallest absolute Gasteiger partial charge is 0.338 e. The third-order valence-electron chi connectivity index (χ3n) is 8.36. The normalized spacial score (nSPS) is 12.2. The van der Waals surface area contributed by atoms with Crippen LogP contribution in [-0.4, -0.2) is 66.2 Å². The van der Waals surface area contributed by atoms with Crippen LogP contribution < -0.4 is 10.6 Å². The summed E-state index contributed by atoms with van der Waals surface area (Å²) in [5, 5.41) is 17.5. The minimum absolute atomic E-state index is 0.0347. The topological polar surface area (TPSA) is 108 Å². The number of aliphatic hydroxyl groups is 1. The molecule has 8 nitrogen and oxygen atoms in total. The molecule has 2 amide bonds. The van der Waals surface area contributed by atoms with Crippen molar-refractivity contribution < 1.29 is 33.0 Å². The second-order valence-corrected chi connectivity index (χ2v) is 12.6. The Kier molecular flexibility index (Phi) is 14.4. The van der Waals surface area contributed by atoms with Crippen LogP contribution in [-0.2, 0) is 17.7 Å². The Bertz CT molecular complexity index is 1790. The first-order chi connectivity index (χ1) is 24.5. The van der Waals surface area contributed by atoms with Crippen molar-refractivity contribution in [2.45, 2.75) is 65.6 Å². The molecule has 4 rings (SSSR count). The number of amides is 2. The highest BCUT2D eigenvalue weighted by atomic mass is 19.1. The lowest BCUT2D eigenvalue weighted by Gasteiger charge is -2.25. The average molecular weight is 700 g/mol. The van der Waals surface area contributed by atoms with Gasteiger partial charge in [0, 0.05) is 43.4 Å². The van der Waals surface area contributed by atoms with Crippen LogP contribution in [0.5, 0.6) is 0 Å². The van der Waals surface area contributed by atoms with Crippen LogP contribution in [0.25, 0.3) is 11.1 Å². The number of ether oxygens (including phenoxy) is 1. The molecule has 4 aromatic carbocycles. The van der Waals surface area contributed by atoms with E-state index in [1.165, 1.54) is 12.1 Å². The number of benzene rings is 4. The van der Waals surface area contributed by atoms with E-state index in [9.17, 15) is 28.3 Å². The van der Waals surface area contributed by atoms with Gasteiger partial charge in [-0.05, 0) is 103 Å². The Morgan fingerprint density at radius 2 is 1.51 bits per heavy atom. The van der Waals surface area contributed by atoms with Gasteiger partial charge >= 0.3 is 5.97 Å². The quantitative estimate of drug-likeness (QED) is 0.104. The first kappa shape index (κ1) is 38.9. The number of halogens is 2. The molecule has 0 saturated carbocycles.